The van der Waals surface area contributed by atoms with E-state index >= 15 is 0 Å². The van der Waals surface area contributed by atoms with Gasteiger partial charge in [-0.25, -0.2) is 14.3 Å². The van der Waals surface area contributed by atoms with Crippen molar-refractivity contribution in [1.82, 2.24) is 19.4 Å². The average Bonchev–Trinajstić information content (AvgIpc) is 3.09. The molecule has 1 N–H and O–H groups in total. The number of hydrogen-bond donors (Lipinski definition) is 1. The SMILES string of the molecule is CC(C)(C)n1ncc2c(=O)n(NC(=O)c3cccs3)cnc21. The van der Waals surface area contributed by atoms with Gasteiger partial charge in [-0.2, -0.15) is 5.10 Å². The zero-order valence-electron chi connectivity index (χ0n) is 12.4. The van der Waals surface area contributed by atoms with Crippen molar-refractivity contribution in [1.29, 1.82) is 0 Å². The number of fused-ring (bicyclic) bond motifs is 1. The molecule has 3 rings (SSSR count). The van der Waals surface area contributed by atoms with E-state index in [1.807, 2.05) is 20.8 Å². The second-order valence-corrected chi connectivity index (χ2v) is 6.75. The monoisotopic (exact) mass is 317 g/mol. The Morgan fingerprint density at radius 3 is 2.77 bits per heavy atom. The van der Waals surface area contributed by atoms with Crippen molar-refractivity contribution in [2.24, 2.45) is 0 Å². The Labute approximate surface area is 130 Å². The average molecular weight is 317 g/mol. The van der Waals surface area contributed by atoms with E-state index in [1.165, 1.54) is 23.9 Å². The maximum absolute atomic E-state index is 12.4. The van der Waals surface area contributed by atoms with Gasteiger partial charge >= 0.3 is 0 Å². The van der Waals surface area contributed by atoms with Gasteiger partial charge in [-0.1, -0.05) is 6.07 Å². The van der Waals surface area contributed by atoms with Crippen LogP contribution in [0.2, 0.25) is 0 Å². The number of rotatable bonds is 2. The van der Waals surface area contributed by atoms with Gasteiger partial charge in [-0.15, -0.1) is 11.3 Å². The van der Waals surface area contributed by atoms with Crippen molar-refractivity contribution in [3.05, 3.63) is 45.3 Å². The first-order valence-electron chi connectivity index (χ1n) is 6.68. The molecule has 0 aliphatic carbocycles. The number of aromatic nitrogens is 4. The molecule has 0 unspecified atom stereocenters. The summed E-state index contributed by atoms with van der Waals surface area (Å²) in [4.78, 5) is 29.2. The standard InChI is InChI=1S/C14H15N5O2S/c1-14(2,3)19-11-9(7-16-19)13(21)18(8-15-11)17-12(20)10-5-4-6-22-10/h4-8H,1-3H3,(H,17,20). The van der Waals surface area contributed by atoms with Crippen LogP contribution in [0.3, 0.4) is 0 Å². The molecule has 0 aromatic carbocycles. The summed E-state index contributed by atoms with van der Waals surface area (Å²) < 4.78 is 2.77. The first-order chi connectivity index (χ1) is 10.4. The molecule has 0 spiro atoms. The highest BCUT2D eigenvalue weighted by Crippen LogP contribution is 2.17. The van der Waals surface area contributed by atoms with Crippen LogP contribution in [0.15, 0.2) is 34.8 Å². The highest BCUT2D eigenvalue weighted by molar-refractivity contribution is 7.12. The highest BCUT2D eigenvalue weighted by atomic mass is 32.1. The zero-order chi connectivity index (χ0) is 15.9. The van der Waals surface area contributed by atoms with Gasteiger partial charge in [0.25, 0.3) is 11.5 Å². The summed E-state index contributed by atoms with van der Waals surface area (Å²) in [5.74, 6) is -0.346. The quantitative estimate of drug-likeness (QED) is 0.781. The molecule has 0 aliphatic rings. The van der Waals surface area contributed by atoms with Crippen LogP contribution in [0, 0.1) is 0 Å². The van der Waals surface area contributed by atoms with Crippen LogP contribution in [0.25, 0.3) is 11.0 Å². The van der Waals surface area contributed by atoms with E-state index in [0.717, 1.165) is 4.68 Å². The molecule has 1 amide bonds. The lowest BCUT2D eigenvalue weighted by Crippen LogP contribution is -2.33. The molecule has 0 saturated carbocycles. The summed E-state index contributed by atoms with van der Waals surface area (Å²) in [6.45, 7) is 5.93. The zero-order valence-corrected chi connectivity index (χ0v) is 13.2. The summed E-state index contributed by atoms with van der Waals surface area (Å²) in [6.07, 6.45) is 2.78. The molecular formula is C14H15N5O2S. The number of nitrogens with one attached hydrogen (secondary N) is 1. The fraction of sp³-hybridized carbons (Fsp3) is 0.286. The molecule has 114 valence electrons. The van der Waals surface area contributed by atoms with Crippen molar-refractivity contribution in [3.63, 3.8) is 0 Å². The van der Waals surface area contributed by atoms with Crippen LogP contribution < -0.4 is 11.0 Å². The topological polar surface area (TPSA) is 81.8 Å². The van der Waals surface area contributed by atoms with E-state index in [1.54, 1.807) is 22.2 Å². The van der Waals surface area contributed by atoms with Gasteiger partial charge in [0.05, 0.1) is 16.6 Å². The molecule has 3 aromatic rings. The normalized spacial score (nSPS) is 11.8. The molecule has 8 heteroatoms. The lowest BCUT2D eigenvalue weighted by atomic mass is 10.1. The lowest BCUT2D eigenvalue weighted by Gasteiger charge is -2.19. The van der Waals surface area contributed by atoms with E-state index in [4.69, 9.17) is 0 Å². The van der Waals surface area contributed by atoms with Crippen LogP contribution >= 0.6 is 11.3 Å². The minimum absolute atomic E-state index is 0.284. The summed E-state index contributed by atoms with van der Waals surface area (Å²) in [5, 5.41) is 6.39. The van der Waals surface area contributed by atoms with E-state index in [9.17, 15) is 9.59 Å². The molecule has 22 heavy (non-hydrogen) atoms. The molecule has 0 aliphatic heterocycles. The van der Waals surface area contributed by atoms with Crippen LogP contribution in [-0.2, 0) is 5.54 Å². The second-order valence-electron chi connectivity index (χ2n) is 5.80. The number of thiophene rings is 1. The Hall–Kier alpha value is -2.48. The molecule has 0 atom stereocenters. The summed E-state index contributed by atoms with van der Waals surface area (Å²) >= 11 is 1.30. The largest absolute Gasteiger partial charge is 0.283 e. The molecule has 3 aromatic heterocycles. The Balaban J connectivity index is 2.01. The number of amides is 1. The van der Waals surface area contributed by atoms with Gasteiger partial charge in [-0.3, -0.25) is 15.0 Å². The maximum Gasteiger partial charge on any atom is 0.283 e. The molecule has 3 heterocycles. The third kappa shape index (κ3) is 2.41. The molecule has 0 fully saturated rings. The molecule has 7 nitrogen and oxygen atoms in total. The predicted molar refractivity (Wildman–Crippen MR) is 84.8 cm³/mol. The third-order valence-corrected chi connectivity index (χ3v) is 3.96. The molecule has 0 saturated heterocycles. The van der Waals surface area contributed by atoms with Crippen LogP contribution in [0.4, 0.5) is 0 Å². The Kier molecular flexibility index (Phi) is 3.32. The Morgan fingerprint density at radius 2 is 2.14 bits per heavy atom. The maximum atomic E-state index is 12.4. The third-order valence-electron chi connectivity index (χ3n) is 3.09. The first-order valence-corrected chi connectivity index (χ1v) is 7.56. The summed E-state index contributed by atoms with van der Waals surface area (Å²) in [7, 11) is 0. The molecule has 0 radical (unpaired) electrons. The summed E-state index contributed by atoms with van der Waals surface area (Å²) in [6, 6.07) is 3.46. The molecular weight excluding hydrogens is 302 g/mol. The van der Waals surface area contributed by atoms with Crippen molar-refractivity contribution in [2.45, 2.75) is 26.3 Å². The summed E-state index contributed by atoms with van der Waals surface area (Å²) in [5.41, 5.74) is 2.39. The van der Waals surface area contributed by atoms with Crippen LogP contribution in [0.5, 0.6) is 0 Å². The minimum atomic E-state index is -0.356. The lowest BCUT2D eigenvalue weighted by molar-refractivity contribution is 0.101. The Morgan fingerprint density at radius 1 is 1.36 bits per heavy atom. The predicted octanol–water partition coefficient (Wildman–Crippen LogP) is 1.79. The highest BCUT2D eigenvalue weighted by Gasteiger charge is 2.20. The van der Waals surface area contributed by atoms with Gasteiger partial charge in [0.1, 0.15) is 11.7 Å². The number of carbonyl (C=O) groups is 1. The van der Waals surface area contributed by atoms with Crippen LogP contribution in [0.1, 0.15) is 30.4 Å². The smallest absolute Gasteiger partial charge is 0.267 e. The van der Waals surface area contributed by atoms with E-state index in [-0.39, 0.29) is 17.0 Å². The number of carbonyl (C=O) groups excluding carboxylic acids is 1. The van der Waals surface area contributed by atoms with Gasteiger partial charge in [0, 0.05) is 0 Å². The van der Waals surface area contributed by atoms with E-state index < -0.39 is 0 Å². The van der Waals surface area contributed by atoms with Gasteiger partial charge in [0.15, 0.2) is 5.65 Å². The number of hydrogen-bond acceptors (Lipinski definition) is 5. The van der Waals surface area contributed by atoms with Crippen molar-refractivity contribution >= 4 is 28.3 Å². The first kappa shape index (κ1) is 14.5. The van der Waals surface area contributed by atoms with Crippen molar-refractivity contribution < 1.29 is 4.79 Å². The second kappa shape index (κ2) is 5.06. The molecule has 0 bridgehead atoms. The van der Waals surface area contributed by atoms with Gasteiger partial charge < -0.3 is 0 Å². The van der Waals surface area contributed by atoms with Gasteiger partial charge in [-0.05, 0) is 32.2 Å². The van der Waals surface area contributed by atoms with Crippen molar-refractivity contribution in [2.75, 3.05) is 5.43 Å². The van der Waals surface area contributed by atoms with E-state index in [2.05, 4.69) is 15.5 Å². The minimum Gasteiger partial charge on any atom is -0.267 e. The Bertz CT molecular complexity index is 886. The van der Waals surface area contributed by atoms with Gasteiger partial charge in [0.2, 0.25) is 0 Å². The fourth-order valence-corrected chi connectivity index (χ4v) is 2.67. The number of nitrogens with zero attached hydrogens (tertiary/aromatic N) is 4. The van der Waals surface area contributed by atoms with E-state index in [0.29, 0.717) is 15.9 Å². The fourth-order valence-electron chi connectivity index (χ4n) is 2.05. The van der Waals surface area contributed by atoms with Crippen LogP contribution in [-0.4, -0.2) is 25.3 Å². The van der Waals surface area contributed by atoms with Crippen molar-refractivity contribution in [3.8, 4) is 0 Å².